The molecule has 2 amide bonds. The fraction of sp³-hybridized carbons (Fsp3) is 0.583. The summed E-state index contributed by atoms with van der Waals surface area (Å²) < 4.78 is 14.1. The predicted molar refractivity (Wildman–Crippen MR) is 122 cm³/mol. The highest BCUT2D eigenvalue weighted by molar-refractivity contribution is 5.96. The number of carbonyl (C=O) groups excluding carboxylic acids is 2. The standard InChI is InChI=1S/C24H33N5O4/c1-27-12-8-4-2-3-5-9-13-32-21-14-28(23(30)16-29-18-25-17-26-29)15-22(21)33-20-11-7-6-10-19(20)24(27)31/h6-7,10-11,17-18,21-22H,2-5,8-9,12-16H2,1H3/t21-,22-/m1/s1. The van der Waals surface area contributed by atoms with Gasteiger partial charge in [-0.05, 0) is 25.0 Å². The molecule has 0 radical (unpaired) electrons. The first kappa shape index (κ1) is 23.2. The minimum absolute atomic E-state index is 0.0488. The van der Waals surface area contributed by atoms with E-state index in [0.29, 0.717) is 31.0 Å². The van der Waals surface area contributed by atoms with Gasteiger partial charge in [0.25, 0.3) is 5.91 Å². The molecule has 0 saturated carbocycles. The molecule has 2 atom stereocenters. The van der Waals surface area contributed by atoms with Crippen LogP contribution < -0.4 is 4.74 Å². The monoisotopic (exact) mass is 455 g/mol. The molecule has 1 fully saturated rings. The number of benzene rings is 1. The number of para-hydroxylation sites is 1. The first-order chi connectivity index (χ1) is 16.1. The van der Waals surface area contributed by atoms with Crippen molar-refractivity contribution in [1.29, 1.82) is 0 Å². The fourth-order valence-corrected chi connectivity index (χ4v) is 4.38. The Labute approximate surface area is 194 Å². The predicted octanol–water partition coefficient (Wildman–Crippen LogP) is 2.38. The Bertz CT molecular complexity index is 919. The van der Waals surface area contributed by atoms with Crippen LogP contribution in [-0.2, 0) is 16.1 Å². The Morgan fingerprint density at radius 2 is 1.82 bits per heavy atom. The van der Waals surface area contributed by atoms with E-state index in [-0.39, 0.29) is 30.6 Å². The van der Waals surface area contributed by atoms with Crippen molar-refractivity contribution in [3.05, 3.63) is 42.5 Å². The van der Waals surface area contributed by atoms with E-state index in [0.717, 1.165) is 38.6 Å². The topological polar surface area (TPSA) is 89.8 Å². The van der Waals surface area contributed by atoms with Gasteiger partial charge in [0.1, 0.15) is 37.2 Å². The molecule has 9 heteroatoms. The molecule has 1 aromatic carbocycles. The zero-order valence-electron chi connectivity index (χ0n) is 19.3. The van der Waals surface area contributed by atoms with E-state index in [2.05, 4.69) is 10.1 Å². The quantitative estimate of drug-likeness (QED) is 0.691. The summed E-state index contributed by atoms with van der Waals surface area (Å²) in [6, 6.07) is 7.34. The fourth-order valence-electron chi connectivity index (χ4n) is 4.38. The molecule has 0 unspecified atom stereocenters. The van der Waals surface area contributed by atoms with Gasteiger partial charge in [-0.3, -0.25) is 9.59 Å². The second-order valence-corrected chi connectivity index (χ2v) is 8.80. The van der Waals surface area contributed by atoms with Crippen molar-refractivity contribution in [2.24, 2.45) is 0 Å². The van der Waals surface area contributed by atoms with Crippen LogP contribution in [0.4, 0.5) is 0 Å². The molecule has 0 spiro atoms. The molecule has 3 heterocycles. The summed E-state index contributed by atoms with van der Waals surface area (Å²) >= 11 is 0. The number of amides is 2. The summed E-state index contributed by atoms with van der Waals surface area (Å²) in [6.45, 7) is 2.34. The molecule has 0 N–H and O–H groups in total. The van der Waals surface area contributed by atoms with Crippen molar-refractivity contribution in [1.82, 2.24) is 24.6 Å². The minimum atomic E-state index is -0.350. The van der Waals surface area contributed by atoms with Gasteiger partial charge in [-0.15, -0.1) is 0 Å². The highest BCUT2D eigenvalue weighted by Gasteiger charge is 2.38. The van der Waals surface area contributed by atoms with Gasteiger partial charge in [0, 0.05) is 20.2 Å². The van der Waals surface area contributed by atoms with E-state index < -0.39 is 0 Å². The first-order valence-corrected chi connectivity index (χ1v) is 11.8. The smallest absolute Gasteiger partial charge is 0.257 e. The van der Waals surface area contributed by atoms with Crippen molar-refractivity contribution >= 4 is 11.8 Å². The maximum absolute atomic E-state index is 13.1. The van der Waals surface area contributed by atoms with E-state index in [4.69, 9.17) is 9.47 Å². The highest BCUT2D eigenvalue weighted by atomic mass is 16.5. The Morgan fingerprint density at radius 1 is 1.06 bits per heavy atom. The second kappa shape index (κ2) is 11.3. The van der Waals surface area contributed by atoms with Gasteiger partial charge >= 0.3 is 0 Å². The van der Waals surface area contributed by atoms with Crippen LogP contribution in [0, 0.1) is 0 Å². The molecule has 1 aromatic heterocycles. The molecule has 1 saturated heterocycles. The van der Waals surface area contributed by atoms with Gasteiger partial charge in [0.2, 0.25) is 5.91 Å². The Morgan fingerprint density at radius 3 is 2.64 bits per heavy atom. The Balaban J connectivity index is 1.52. The second-order valence-electron chi connectivity index (χ2n) is 8.80. The highest BCUT2D eigenvalue weighted by Crippen LogP contribution is 2.26. The molecule has 33 heavy (non-hydrogen) atoms. The number of likely N-dealkylation sites (tertiary alicyclic amines) is 1. The summed E-state index contributed by atoms with van der Waals surface area (Å²) in [4.78, 5) is 33.4. The van der Waals surface area contributed by atoms with Crippen LogP contribution in [0.2, 0.25) is 0 Å². The third-order valence-corrected chi connectivity index (χ3v) is 6.29. The first-order valence-electron chi connectivity index (χ1n) is 11.8. The molecule has 9 nitrogen and oxygen atoms in total. The average molecular weight is 456 g/mol. The lowest BCUT2D eigenvalue weighted by Gasteiger charge is -2.24. The summed E-state index contributed by atoms with van der Waals surface area (Å²) in [7, 11) is 1.84. The van der Waals surface area contributed by atoms with E-state index in [1.165, 1.54) is 23.8 Å². The van der Waals surface area contributed by atoms with E-state index in [1.54, 1.807) is 15.9 Å². The molecular weight excluding hydrogens is 422 g/mol. The largest absolute Gasteiger partial charge is 0.485 e. The summed E-state index contributed by atoms with van der Waals surface area (Å²) in [5.74, 6) is 0.424. The number of fused-ring (bicyclic) bond motifs is 2. The van der Waals surface area contributed by atoms with Gasteiger partial charge < -0.3 is 19.3 Å². The minimum Gasteiger partial charge on any atom is -0.485 e. The summed E-state index contributed by atoms with van der Waals surface area (Å²) in [5.41, 5.74) is 0.540. The summed E-state index contributed by atoms with van der Waals surface area (Å²) in [6.07, 6.45) is 8.89. The van der Waals surface area contributed by atoms with Gasteiger partial charge in [-0.2, -0.15) is 5.10 Å². The van der Waals surface area contributed by atoms with E-state index in [9.17, 15) is 9.59 Å². The van der Waals surface area contributed by atoms with Crippen LogP contribution in [-0.4, -0.2) is 81.9 Å². The molecule has 0 aliphatic carbocycles. The van der Waals surface area contributed by atoms with Gasteiger partial charge in [0.05, 0.1) is 18.7 Å². The van der Waals surface area contributed by atoms with Crippen LogP contribution in [0.3, 0.4) is 0 Å². The zero-order valence-corrected chi connectivity index (χ0v) is 19.3. The van der Waals surface area contributed by atoms with Crippen LogP contribution in [0.1, 0.15) is 48.9 Å². The summed E-state index contributed by atoms with van der Waals surface area (Å²) in [5, 5.41) is 4.03. The molecule has 2 aliphatic heterocycles. The third-order valence-electron chi connectivity index (χ3n) is 6.29. The lowest BCUT2D eigenvalue weighted by molar-refractivity contribution is -0.131. The number of ether oxygens (including phenoxy) is 2. The Kier molecular flexibility index (Phi) is 7.93. The maximum Gasteiger partial charge on any atom is 0.257 e. The van der Waals surface area contributed by atoms with Crippen molar-refractivity contribution in [3.8, 4) is 5.75 Å². The normalized spacial score (nSPS) is 23.0. The zero-order chi connectivity index (χ0) is 23.0. The number of nitrogens with zero attached hydrogens (tertiary/aromatic N) is 5. The van der Waals surface area contributed by atoms with E-state index in [1.807, 2.05) is 25.2 Å². The molecular formula is C24H33N5O4. The van der Waals surface area contributed by atoms with Crippen LogP contribution in [0.5, 0.6) is 5.75 Å². The van der Waals surface area contributed by atoms with E-state index >= 15 is 0 Å². The maximum atomic E-state index is 13.1. The van der Waals surface area contributed by atoms with Crippen LogP contribution in [0.15, 0.2) is 36.9 Å². The lowest BCUT2D eigenvalue weighted by Crippen LogP contribution is -2.34. The van der Waals surface area contributed by atoms with Crippen molar-refractivity contribution < 1.29 is 19.1 Å². The van der Waals surface area contributed by atoms with Crippen LogP contribution in [0.25, 0.3) is 0 Å². The molecule has 2 aliphatic rings. The third kappa shape index (κ3) is 6.10. The Hall–Kier alpha value is -2.94. The average Bonchev–Trinajstić information content (AvgIpc) is 3.47. The molecule has 0 bridgehead atoms. The van der Waals surface area contributed by atoms with Crippen molar-refractivity contribution in [2.45, 2.75) is 57.3 Å². The van der Waals surface area contributed by atoms with Gasteiger partial charge in [-0.1, -0.05) is 37.8 Å². The van der Waals surface area contributed by atoms with Gasteiger partial charge in [-0.25, -0.2) is 9.67 Å². The SMILES string of the molecule is CN1CCCCCCCCO[C@@H]2CN(C(=O)Cn3cncn3)C[C@H]2Oc2ccccc2C1=O. The number of aromatic nitrogens is 3. The number of hydrogen-bond acceptors (Lipinski definition) is 6. The van der Waals surface area contributed by atoms with Gasteiger partial charge in [0.15, 0.2) is 0 Å². The number of rotatable bonds is 2. The molecule has 2 aromatic rings. The molecule has 178 valence electrons. The number of carbonyl (C=O) groups is 2. The van der Waals surface area contributed by atoms with Crippen molar-refractivity contribution in [3.63, 3.8) is 0 Å². The van der Waals surface area contributed by atoms with Crippen molar-refractivity contribution in [2.75, 3.05) is 33.3 Å². The van der Waals surface area contributed by atoms with Crippen LogP contribution >= 0.6 is 0 Å². The number of hydrogen-bond donors (Lipinski definition) is 0. The lowest BCUT2D eigenvalue weighted by atomic mass is 10.1. The molecule has 4 rings (SSSR count).